The van der Waals surface area contributed by atoms with E-state index in [2.05, 4.69) is 5.32 Å². The molecule has 1 aliphatic rings. The topological polar surface area (TPSA) is 103 Å². The standard InChI is InChI=1S/C9H7NO5S/c11-8-4-16(14,15)7-2-1-5(9(12)13)3-6(7)10-8/h1-3H,4H2,(H,10,11)(H,12,13)/p-1. The van der Waals surface area contributed by atoms with Crippen molar-refractivity contribution >= 4 is 27.4 Å². The van der Waals surface area contributed by atoms with Gasteiger partial charge in [0.05, 0.1) is 16.6 Å². The van der Waals surface area contributed by atoms with E-state index in [1.165, 1.54) is 0 Å². The fraction of sp³-hybridized carbons (Fsp3) is 0.111. The number of sulfone groups is 1. The smallest absolute Gasteiger partial charge is 0.239 e. The summed E-state index contributed by atoms with van der Waals surface area (Å²) in [6.45, 7) is 0. The van der Waals surface area contributed by atoms with Gasteiger partial charge in [0.25, 0.3) is 0 Å². The second kappa shape index (κ2) is 3.31. The molecule has 0 unspecified atom stereocenters. The average molecular weight is 240 g/mol. The number of carbonyl (C=O) groups is 2. The average Bonchev–Trinajstić information content (AvgIpc) is 2.14. The molecule has 0 saturated carbocycles. The van der Waals surface area contributed by atoms with Crippen molar-refractivity contribution in [3.63, 3.8) is 0 Å². The van der Waals surface area contributed by atoms with Crippen LogP contribution < -0.4 is 10.4 Å². The molecule has 0 fully saturated rings. The monoisotopic (exact) mass is 240 g/mol. The zero-order chi connectivity index (χ0) is 11.9. The Balaban J connectivity index is 2.64. The van der Waals surface area contributed by atoms with Crippen LogP contribution in [0.4, 0.5) is 5.69 Å². The molecule has 84 valence electrons. The Morgan fingerprint density at radius 1 is 1.38 bits per heavy atom. The number of amides is 1. The van der Waals surface area contributed by atoms with E-state index in [0.29, 0.717) is 0 Å². The Hall–Kier alpha value is -1.89. The number of fused-ring (bicyclic) bond motifs is 1. The Kier molecular flexibility index (Phi) is 2.20. The maximum atomic E-state index is 11.5. The molecule has 0 atom stereocenters. The van der Waals surface area contributed by atoms with E-state index in [9.17, 15) is 23.1 Å². The Morgan fingerprint density at radius 3 is 2.69 bits per heavy atom. The van der Waals surface area contributed by atoms with Gasteiger partial charge in [-0.15, -0.1) is 0 Å². The predicted octanol–water partition coefficient (Wildman–Crippen LogP) is -1.22. The molecule has 1 heterocycles. The number of carboxylic acids is 1. The largest absolute Gasteiger partial charge is 0.545 e. The summed E-state index contributed by atoms with van der Waals surface area (Å²) in [6.07, 6.45) is 0. The van der Waals surface area contributed by atoms with Crippen molar-refractivity contribution < 1.29 is 23.1 Å². The molecule has 1 amide bonds. The van der Waals surface area contributed by atoms with Gasteiger partial charge in [0.1, 0.15) is 5.75 Å². The number of anilines is 1. The van der Waals surface area contributed by atoms with Crippen LogP contribution in [0.2, 0.25) is 0 Å². The number of aromatic carboxylic acids is 1. The Labute approximate surface area is 90.8 Å². The van der Waals surface area contributed by atoms with E-state index in [4.69, 9.17) is 0 Å². The number of hydrogen-bond acceptors (Lipinski definition) is 5. The molecule has 2 rings (SSSR count). The molecule has 7 heteroatoms. The maximum absolute atomic E-state index is 11.5. The summed E-state index contributed by atoms with van der Waals surface area (Å²) in [6, 6.07) is 3.34. The molecule has 0 bridgehead atoms. The quantitative estimate of drug-likeness (QED) is 0.662. The number of carboxylic acid groups (broad SMARTS) is 1. The fourth-order valence-corrected chi connectivity index (χ4v) is 2.76. The van der Waals surface area contributed by atoms with Crippen molar-refractivity contribution in [2.24, 2.45) is 0 Å². The van der Waals surface area contributed by atoms with Crippen molar-refractivity contribution in [3.05, 3.63) is 23.8 Å². The third-order valence-electron chi connectivity index (χ3n) is 2.15. The lowest BCUT2D eigenvalue weighted by atomic mass is 10.2. The molecule has 1 aromatic carbocycles. The first-order valence-corrected chi connectivity index (χ1v) is 5.93. The molecule has 1 aliphatic heterocycles. The van der Waals surface area contributed by atoms with E-state index in [1.807, 2.05) is 0 Å². The minimum Gasteiger partial charge on any atom is -0.545 e. The molecular weight excluding hydrogens is 234 g/mol. The molecule has 6 nitrogen and oxygen atoms in total. The molecule has 0 spiro atoms. The molecule has 0 aromatic heterocycles. The number of carbonyl (C=O) groups excluding carboxylic acids is 2. The summed E-state index contributed by atoms with van der Waals surface area (Å²) in [4.78, 5) is 21.6. The van der Waals surface area contributed by atoms with Crippen LogP contribution in [0.15, 0.2) is 23.1 Å². The maximum Gasteiger partial charge on any atom is 0.239 e. The van der Waals surface area contributed by atoms with Gasteiger partial charge in [-0.2, -0.15) is 0 Å². The van der Waals surface area contributed by atoms with E-state index in [0.717, 1.165) is 18.2 Å². The highest BCUT2D eigenvalue weighted by Crippen LogP contribution is 2.27. The summed E-state index contributed by atoms with van der Waals surface area (Å²) in [5, 5.41) is 12.9. The van der Waals surface area contributed by atoms with E-state index in [1.54, 1.807) is 0 Å². The van der Waals surface area contributed by atoms with Gasteiger partial charge in [-0.25, -0.2) is 8.42 Å². The summed E-state index contributed by atoms with van der Waals surface area (Å²) < 4.78 is 23.1. The fourth-order valence-electron chi connectivity index (χ4n) is 1.46. The van der Waals surface area contributed by atoms with Crippen LogP contribution >= 0.6 is 0 Å². The highest BCUT2D eigenvalue weighted by molar-refractivity contribution is 7.92. The van der Waals surface area contributed by atoms with Crippen LogP contribution in [-0.4, -0.2) is 26.0 Å². The third kappa shape index (κ3) is 1.65. The van der Waals surface area contributed by atoms with E-state index in [-0.39, 0.29) is 16.1 Å². The van der Waals surface area contributed by atoms with Crippen molar-refractivity contribution in [1.29, 1.82) is 0 Å². The van der Waals surface area contributed by atoms with Crippen molar-refractivity contribution in [2.75, 3.05) is 11.1 Å². The van der Waals surface area contributed by atoms with Crippen LogP contribution in [0.5, 0.6) is 0 Å². The zero-order valence-electron chi connectivity index (χ0n) is 7.89. The second-order valence-corrected chi connectivity index (χ2v) is 5.26. The number of nitrogens with one attached hydrogen (secondary N) is 1. The minimum atomic E-state index is -3.66. The van der Waals surface area contributed by atoms with Gasteiger partial charge in [0.2, 0.25) is 5.91 Å². The van der Waals surface area contributed by atoms with Crippen molar-refractivity contribution in [1.82, 2.24) is 0 Å². The lowest BCUT2D eigenvalue weighted by molar-refractivity contribution is -0.255. The van der Waals surface area contributed by atoms with Crippen LogP contribution in [0.25, 0.3) is 0 Å². The normalized spacial score (nSPS) is 17.4. The lowest BCUT2D eigenvalue weighted by Gasteiger charge is -2.18. The van der Waals surface area contributed by atoms with Gasteiger partial charge in [-0.05, 0) is 17.7 Å². The summed E-state index contributed by atoms with van der Waals surface area (Å²) in [5.41, 5.74) is -0.200. The first kappa shape index (κ1) is 10.6. The van der Waals surface area contributed by atoms with Gasteiger partial charge < -0.3 is 15.2 Å². The second-order valence-electron chi connectivity index (χ2n) is 3.31. The summed E-state index contributed by atoms with van der Waals surface area (Å²) >= 11 is 0. The SMILES string of the molecule is O=C1CS(=O)(=O)c2ccc(C(=O)[O-])cc2N1. The molecule has 1 N–H and O–H groups in total. The third-order valence-corrected chi connectivity index (χ3v) is 3.81. The van der Waals surface area contributed by atoms with Gasteiger partial charge in [0.15, 0.2) is 9.84 Å². The number of benzene rings is 1. The molecule has 0 saturated heterocycles. The molecule has 1 aromatic rings. The van der Waals surface area contributed by atoms with E-state index < -0.39 is 27.5 Å². The van der Waals surface area contributed by atoms with Gasteiger partial charge in [-0.3, -0.25) is 4.79 Å². The van der Waals surface area contributed by atoms with Gasteiger partial charge in [-0.1, -0.05) is 6.07 Å². The molecule has 0 radical (unpaired) electrons. The summed E-state index contributed by atoms with van der Waals surface area (Å²) in [5.74, 6) is -2.73. The first-order chi connectivity index (χ1) is 7.40. The molecule has 0 aliphatic carbocycles. The van der Waals surface area contributed by atoms with Crippen LogP contribution in [0.3, 0.4) is 0 Å². The highest BCUT2D eigenvalue weighted by Gasteiger charge is 2.28. The first-order valence-electron chi connectivity index (χ1n) is 4.28. The lowest BCUT2D eigenvalue weighted by Crippen LogP contribution is -2.30. The summed E-state index contributed by atoms with van der Waals surface area (Å²) in [7, 11) is -3.66. The molecular formula is C9H6NO5S-. The molecule has 16 heavy (non-hydrogen) atoms. The van der Waals surface area contributed by atoms with Crippen molar-refractivity contribution in [3.8, 4) is 0 Å². The van der Waals surface area contributed by atoms with Crippen LogP contribution in [0.1, 0.15) is 10.4 Å². The number of hydrogen-bond donors (Lipinski definition) is 1. The number of rotatable bonds is 1. The zero-order valence-corrected chi connectivity index (χ0v) is 8.71. The van der Waals surface area contributed by atoms with Crippen LogP contribution in [-0.2, 0) is 14.6 Å². The van der Waals surface area contributed by atoms with Crippen molar-refractivity contribution in [2.45, 2.75) is 4.90 Å². The highest BCUT2D eigenvalue weighted by atomic mass is 32.2. The van der Waals surface area contributed by atoms with Crippen LogP contribution in [0, 0.1) is 0 Å². The van der Waals surface area contributed by atoms with Gasteiger partial charge in [0, 0.05) is 0 Å². The Morgan fingerprint density at radius 2 is 2.06 bits per heavy atom. The van der Waals surface area contributed by atoms with Gasteiger partial charge >= 0.3 is 0 Å². The Bertz CT molecular complexity index is 590. The predicted molar refractivity (Wildman–Crippen MR) is 51.5 cm³/mol. The van der Waals surface area contributed by atoms with E-state index >= 15 is 0 Å². The minimum absolute atomic E-state index is 0.0158.